The van der Waals surface area contributed by atoms with E-state index in [0.29, 0.717) is 17.8 Å². The Morgan fingerprint density at radius 1 is 1.31 bits per heavy atom. The van der Waals surface area contributed by atoms with Gasteiger partial charge in [-0.1, -0.05) is 6.07 Å². The molecule has 0 saturated heterocycles. The molecule has 4 aromatic heterocycles. The second-order valence-corrected chi connectivity index (χ2v) is 8.17. The van der Waals surface area contributed by atoms with Crippen molar-refractivity contribution < 1.29 is 4.42 Å². The molecule has 0 radical (unpaired) electrons. The lowest BCUT2D eigenvalue weighted by Gasteiger charge is -2.22. The van der Waals surface area contributed by atoms with Gasteiger partial charge in [-0.15, -0.1) is 22.7 Å². The van der Waals surface area contributed by atoms with Gasteiger partial charge in [-0.2, -0.15) is 0 Å². The number of rotatable bonds is 5. The maximum Gasteiger partial charge on any atom is 0.260 e. The van der Waals surface area contributed by atoms with E-state index in [1.807, 2.05) is 55.9 Å². The molecule has 0 spiro atoms. The Morgan fingerprint density at radius 3 is 2.85 bits per heavy atom. The number of furan rings is 1. The Kier molecular flexibility index (Phi) is 4.52. The standard InChI is InChI=1S/C19H19N3O2S2/c1-11-6-7-13(24-11)9-22(3)12(2)17-20-18(23)16-14(10-26-19(16)21-17)15-5-4-8-25-15/h4-8,10,12H,9H2,1-3H3,(H,20,21,23)/t12-/m0/s1. The first kappa shape index (κ1) is 17.2. The number of thiophene rings is 2. The van der Waals surface area contributed by atoms with Crippen LogP contribution < -0.4 is 5.56 Å². The molecule has 5 nitrogen and oxygen atoms in total. The second-order valence-electron chi connectivity index (χ2n) is 6.36. The van der Waals surface area contributed by atoms with Crippen molar-refractivity contribution in [1.29, 1.82) is 0 Å². The Balaban J connectivity index is 1.65. The average molecular weight is 386 g/mol. The van der Waals surface area contributed by atoms with E-state index in [1.165, 1.54) is 11.3 Å². The van der Waals surface area contributed by atoms with Crippen LogP contribution in [0.3, 0.4) is 0 Å². The molecule has 0 saturated carbocycles. The minimum absolute atomic E-state index is 0.0372. The zero-order valence-electron chi connectivity index (χ0n) is 14.8. The molecule has 0 amide bonds. The van der Waals surface area contributed by atoms with Crippen molar-refractivity contribution in [1.82, 2.24) is 14.9 Å². The summed E-state index contributed by atoms with van der Waals surface area (Å²) in [4.78, 5) is 24.4. The predicted octanol–water partition coefficient (Wildman–Crippen LogP) is 4.81. The monoisotopic (exact) mass is 385 g/mol. The first-order chi connectivity index (χ1) is 12.5. The van der Waals surface area contributed by atoms with Crippen molar-refractivity contribution in [3.8, 4) is 10.4 Å². The molecule has 4 aromatic rings. The molecule has 26 heavy (non-hydrogen) atoms. The fraction of sp³-hybridized carbons (Fsp3) is 0.263. The van der Waals surface area contributed by atoms with Gasteiger partial charge in [0.15, 0.2) is 0 Å². The molecule has 0 fully saturated rings. The highest BCUT2D eigenvalue weighted by Crippen LogP contribution is 2.34. The highest BCUT2D eigenvalue weighted by molar-refractivity contribution is 7.18. The molecule has 4 heterocycles. The molecule has 7 heteroatoms. The van der Waals surface area contributed by atoms with Crippen molar-refractivity contribution in [3.63, 3.8) is 0 Å². The third kappa shape index (κ3) is 3.13. The molecule has 1 atom stereocenters. The summed E-state index contributed by atoms with van der Waals surface area (Å²) < 4.78 is 5.65. The molecule has 0 aromatic carbocycles. The highest BCUT2D eigenvalue weighted by Gasteiger charge is 2.19. The Morgan fingerprint density at radius 2 is 2.15 bits per heavy atom. The number of nitrogens with zero attached hydrogens (tertiary/aromatic N) is 2. The lowest BCUT2D eigenvalue weighted by Crippen LogP contribution is -2.25. The van der Waals surface area contributed by atoms with Gasteiger partial charge < -0.3 is 9.40 Å². The van der Waals surface area contributed by atoms with Gasteiger partial charge in [0.2, 0.25) is 0 Å². The average Bonchev–Trinajstić information content (AvgIpc) is 3.34. The molecule has 4 rings (SSSR count). The van der Waals surface area contributed by atoms with Gasteiger partial charge in [0.25, 0.3) is 5.56 Å². The highest BCUT2D eigenvalue weighted by atomic mass is 32.1. The summed E-state index contributed by atoms with van der Waals surface area (Å²) in [5.74, 6) is 2.47. The predicted molar refractivity (Wildman–Crippen MR) is 107 cm³/mol. The van der Waals surface area contributed by atoms with Crippen molar-refractivity contribution in [2.45, 2.75) is 26.4 Å². The van der Waals surface area contributed by atoms with Crippen LogP contribution in [0, 0.1) is 6.92 Å². The molecule has 0 aliphatic carbocycles. The third-order valence-corrected chi connectivity index (χ3v) is 6.28. The number of nitrogens with one attached hydrogen (secondary N) is 1. The lowest BCUT2D eigenvalue weighted by molar-refractivity contribution is 0.223. The Labute approximate surface area is 158 Å². The van der Waals surface area contributed by atoms with E-state index in [0.717, 1.165) is 26.8 Å². The lowest BCUT2D eigenvalue weighted by atomic mass is 10.2. The number of hydrogen-bond donors (Lipinski definition) is 1. The van der Waals surface area contributed by atoms with Crippen molar-refractivity contribution in [3.05, 3.63) is 62.7 Å². The maximum atomic E-state index is 12.7. The maximum absolute atomic E-state index is 12.7. The smallest absolute Gasteiger partial charge is 0.260 e. The molecule has 0 unspecified atom stereocenters. The van der Waals surface area contributed by atoms with Crippen molar-refractivity contribution >= 4 is 32.9 Å². The molecule has 0 aliphatic heterocycles. The number of fused-ring (bicyclic) bond motifs is 1. The number of hydrogen-bond acceptors (Lipinski definition) is 6. The first-order valence-corrected chi connectivity index (χ1v) is 10.1. The van der Waals surface area contributed by atoms with Gasteiger partial charge >= 0.3 is 0 Å². The van der Waals surface area contributed by atoms with Crippen LogP contribution in [0.25, 0.3) is 20.7 Å². The SMILES string of the molecule is Cc1ccc(CN(C)[C@@H](C)c2nc3scc(-c4cccs4)c3c(=O)[nH]2)o1. The van der Waals surface area contributed by atoms with Crippen LogP contribution in [0.5, 0.6) is 0 Å². The summed E-state index contributed by atoms with van der Waals surface area (Å²) in [5.41, 5.74) is 0.885. The normalized spacial score (nSPS) is 12.9. The van der Waals surface area contributed by atoms with Crippen LogP contribution in [-0.2, 0) is 6.54 Å². The molecular weight excluding hydrogens is 366 g/mol. The van der Waals surface area contributed by atoms with Crippen LogP contribution in [0.4, 0.5) is 0 Å². The summed E-state index contributed by atoms with van der Waals surface area (Å²) in [6.45, 7) is 4.62. The second kappa shape index (κ2) is 6.83. The van der Waals surface area contributed by atoms with E-state index >= 15 is 0 Å². The van der Waals surface area contributed by atoms with E-state index in [2.05, 4.69) is 9.88 Å². The van der Waals surface area contributed by atoms with Crippen LogP contribution >= 0.6 is 22.7 Å². The number of H-pyrrole nitrogens is 1. The van der Waals surface area contributed by atoms with E-state index in [4.69, 9.17) is 9.40 Å². The Hall–Kier alpha value is -2.22. The summed E-state index contributed by atoms with van der Waals surface area (Å²) in [7, 11) is 2.00. The van der Waals surface area contributed by atoms with Crippen LogP contribution in [-0.4, -0.2) is 21.9 Å². The van der Waals surface area contributed by atoms with Gasteiger partial charge in [0.05, 0.1) is 18.0 Å². The fourth-order valence-electron chi connectivity index (χ4n) is 2.94. The van der Waals surface area contributed by atoms with Crippen molar-refractivity contribution in [2.75, 3.05) is 7.05 Å². The fourth-order valence-corrected chi connectivity index (χ4v) is 4.71. The molecular formula is C19H19N3O2S2. The third-order valence-electron chi connectivity index (χ3n) is 4.51. The molecule has 134 valence electrons. The summed E-state index contributed by atoms with van der Waals surface area (Å²) >= 11 is 3.15. The number of aryl methyl sites for hydroxylation is 1. The topological polar surface area (TPSA) is 62.1 Å². The van der Waals surface area contributed by atoms with E-state index in [1.54, 1.807) is 11.3 Å². The van der Waals surface area contributed by atoms with E-state index in [9.17, 15) is 4.79 Å². The number of aromatic amines is 1. The van der Waals surface area contributed by atoms with Gasteiger partial charge in [-0.05, 0) is 44.5 Å². The van der Waals surface area contributed by atoms with Crippen molar-refractivity contribution in [2.24, 2.45) is 0 Å². The van der Waals surface area contributed by atoms with Gasteiger partial charge in [-0.25, -0.2) is 4.98 Å². The molecule has 0 aliphatic rings. The zero-order chi connectivity index (χ0) is 18.3. The van der Waals surface area contributed by atoms with E-state index in [-0.39, 0.29) is 11.6 Å². The first-order valence-electron chi connectivity index (χ1n) is 8.34. The quantitative estimate of drug-likeness (QED) is 0.536. The molecule has 1 N–H and O–H groups in total. The number of aromatic nitrogens is 2. The summed E-state index contributed by atoms with van der Waals surface area (Å²) in [6.07, 6.45) is 0. The minimum atomic E-state index is -0.0799. The van der Waals surface area contributed by atoms with Gasteiger partial charge in [-0.3, -0.25) is 9.69 Å². The summed E-state index contributed by atoms with van der Waals surface area (Å²) in [5, 5.41) is 4.71. The minimum Gasteiger partial charge on any atom is -0.465 e. The van der Waals surface area contributed by atoms with Crippen LogP contribution in [0.15, 0.2) is 44.2 Å². The summed E-state index contributed by atoms with van der Waals surface area (Å²) in [6, 6.07) is 7.92. The molecule has 0 bridgehead atoms. The van der Waals surface area contributed by atoms with Crippen LogP contribution in [0.1, 0.15) is 30.3 Å². The zero-order valence-corrected chi connectivity index (χ0v) is 16.4. The Bertz CT molecular complexity index is 1090. The van der Waals surface area contributed by atoms with E-state index < -0.39 is 0 Å². The van der Waals surface area contributed by atoms with Gasteiger partial charge in [0.1, 0.15) is 22.2 Å². The largest absolute Gasteiger partial charge is 0.465 e. The van der Waals surface area contributed by atoms with Gasteiger partial charge in [0, 0.05) is 15.8 Å². The van der Waals surface area contributed by atoms with Crippen LogP contribution in [0.2, 0.25) is 0 Å².